The number of carbonyl (C=O) groups excluding carboxylic acids is 1. The second kappa shape index (κ2) is 11.7. The number of allylic oxidation sites excluding steroid dienone is 3. The maximum Gasteiger partial charge on any atom is 0.416 e. The molecule has 3 atom stereocenters. The lowest BCUT2D eigenvalue weighted by molar-refractivity contribution is -0.137. The second-order valence-electron chi connectivity index (χ2n) is 11.0. The summed E-state index contributed by atoms with van der Waals surface area (Å²) in [6.07, 6.45) is -17.9. The molecule has 44 heavy (non-hydrogen) atoms. The molecule has 4 rings (SSSR count). The van der Waals surface area contributed by atoms with Crippen LogP contribution in [0.15, 0.2) is 53.6 Å². The summed E-state index contributed by atoms with van der Waals surface area (Å²) in [5.41, 5.74) is -3.59. The number of carbonyl (C=O) groups is 1. The molecule has 0 N–H and O–H groups in total. The summed E-state index contributed by atoms with van der Waals surface area (Å²) in [6.45, 7) is 4.17. The van der Waals surface area contributed by atoms with E-state index in [1.807, 2.05) is 0 Å². The van der Waals surface area contributed by atoms with Crippen molar-refractivity contribution in [3.63, 3.8) is 0 Å². The van der Waals surface area contributed by atoms with Crippen molar-refractivity contribution in [3.8, 4) is 16.9 Å². The third kappa shape index (κ3) is 6.68. The highest BCUT2D eigenvalue weighted by Crippen LogP contribution is 2.44. The van der Waals surface area contributed by atoms with Crippen LogP contribution in [0.5, 0.6) is 5.75 Å². The van der Waals surface area contributed by atoms with Crippen LogP contribution in [0.4, 0.5) is 48.7 Å². The minimum atomic E-state index is -5.11. The SMILES string of the molecule is COc1cc(F)c(C(C)C)cc1-c1ccc(C(F)(F)F)cc1CN1C(=O)O[C@H](C2C=C(C(F)(F)F)C=C(C(F)(F)F)C2)[C@@H]1C. The van der Waals surface area contributed by atoms with E-state index in [0.29, 0.717) is 6.08 Å². The van der Waals surface area contributed by atoms with Crippen LogP contribution in [0, 0.1) is 11.7 Å². The molecule has 240 valence electrons. The van der Waals surface area contributed by atoms with Crippen LogP contribution >= 0.6 is 0 Å². The zero-order chi connectivity index (χ0) is 32.9. The molecular formula is C30H27F10NO3. The Morgan fingerprint density at radius 2 is 1.61 bits per heavy atom. The molecule has 0 spiro atoms. The van der Waals surface area contributed by atoms with Crippen LogP contribution in [0.25, 0.3) is 11.1 Å². The summed E-state index contributed by atoms with van der Waals surface area (Å²) in [7, 11) is 1.23. The zero-order valence-electron chi connectivity index (χ0n) is 23.7. The number of cyclic esters (lactones) is 1. The molecule has 4 nitrogen and oxygen atoms in total. The van der Waals surface area contributed by atoms with Crippen molar-refractivity contribution in [2.45, 2.75) is 70.3 Å². The minimum Gasteiger partial charge on any atom is -0.496 e. The van der Waals surface area contributed by atoms with Gasteiger partial charge in [0, 0.05) is 23.1 Å². The Morgan fingerprint density at radius 1 is 0.955 bits per heavy atom. The van der Waals surface area contributed by atoms with Crippen molar-refractivity contribution in [2.24, 2.45) is 5.92 Å². The van der Waals surface area contributed by atoms with Crippen molar-refractivity contribution in [3.05, 3.63) is 76.1 Å². The number of methoxy groups -OCH3 is 1. The lowest BCUT2D eigenvalue weighted by atomic mass is 9.83. The number of amides is 1. The Labute approximate surface area is 245 Å². The molecule has 0 bridgehead atoms. The average molecular weight is 640 g/mol. The van der Waals surface area contributed by atoms with E-state index in [1.54, 1.807) is 13.8 Å². The first-order chi connectivity index (χ1) is 20.2. The number of hydrogen-bond acceptors (Lipinski definition) is 3. The van der Waals surface area contributed by atoms with Gasteiger partial charge in [-0.25, -0.2) is 9.18 Å². The molecule has 1 unspecified atom stereocenters. The first-order valence-electron chi connectivity index (χ1n) is 13.3. The molecule has 2 aliphatic rings. The van der Waals surface area contributed by atoms with Crippen molar-refractivity contribution in [1.82, 2.24) is 4.90 Å². The third-order valence-corrected chi connectivity index (χ3v) is 7.74. The summed E-state index contributed by atoms with van der Waals surface area (Å²) in [4.78, 5) is 13.9. The molecule has 1 aliphatic carbocycles. The van der Waals surface area contributed by atoms with Crippen molar-refractivity contribution < 1.29 is 58.2 Å². The van der Waals surface area contributed by atoms with Crippen LogP contribution in [-0.4, -0.2) is 42.6 Å². The lowest BCUT2D eigenvalue weighted by Gasteiger charge is -2.30. The van der Waals surface area contributed by atoms with Crippen LogP contribution in [0.3, 0.4) is 0 Å². The summed E-state index contributed by atoms with van der Waals surface area (Å²) < 4.78 is 147. The Balaban J connectivity index is 1.76. The number of rotatable bonds is 6. The molecule has 2 aromatic rings. The summed E-state index contributed by atoms with van der Waals surface area (Å²) in [6, 6.07) is 4.04. The van der Waals surface area contributed by atoms with Gasteiger partial charge < -0.3 is 9.47 Å². The van der Waals surface area contributed by atoms with Gasteiger partial charge in [0.15, 0.2) is 0 Å². The number of benzene rings is 2. The normalized spacial score (nSPS) is 21.4. The Bertz CT molecular complexity index is 1490. The average Bonchev–Trinajstić information content (AvgIpc) is 3.19. The van der Waals surface area contributed by atoms with Crippen LogP contribution in [0.1, 0.15) is 49.8 Å². The van der Waals surface area contributed by atoms with E-state index >= 15 is 0 Å². The van der Waals surface area contributed by atoms with Gasteiger partial charge in [-0.1, -0.05) is 26.0 Å². The van der Waals surface area contributed by atoms with Gasteiger partial charge in [-0.2, -0.15) is 39.5 Å². The smallest absolute Gasteiger partial charge is 0.416 e. The standard InChI is InChI=1S/C30H27F10NO3/c1-14(2)22-11-23(25(43-4)12-24(22)31)21-6-5-18(28(32,33)34)9-17(21)13-41-15(3)26(44-27(41)42)16-7-19(29(35,36)37)10-20(8-16)30(38,39)40/h5-7,9-12,14-16,26H,8,13H2,1-4H3/t15-,16?,26-/m0/s1. The Kier molecular flexibility index (Phi) is 8.79. The number of halogens is 10. The van der Waals surface area contributed by atoms with Gasteiger partial charge in [0.05, 0.1) is 30.8 Å². The van der Waals surface area contributed by atoms with Crippen LogP contribution in [-0.2, 0) is 17.5 Å². The van der Waals surface area contributed by atoms with E-state index in [4.69, 9.17) is 9.47 Å². The van der Waals surface area contributed by atoms with Crippen LogP contribution in [0.2, 0.25) is 0 Å². The van der Waals surface area contributed by atoms with E-state index in [0.717, 1.165) is 29.2 Å². The lowest BCUT2D eigenvalue weighted by Crippen LogP contribution is -2.38. The molecule has 0 radical (unpaired) electrons. The van der Waals surface area contributed by atoms with E-state index in [2.05, 4.69) is 0 Å². The number of hydrogen-bond donors (Lipinski definition) is 0. The molecule has 1 amide bonds. The highest BCUT2D eigenvalue weighted by molar-refractivity contribution is 5.76. The molecule has 0 saturated carbocycles. The first kappa shape index (κ1) is 33.2. The van der Waals surface area contributed by atoms with Gasteiger partial charge in [0.1, 0.15) is 17.7 Å². The molecule has 1 fully saturated rings. The monoisotopic (exact) mass is 639 g/mol. The first-order valence-corrected chi connectivity index (χ1v) is 13.3. The van der Waals surface area contributed by atoms with Gasteiger partial charge in [-0.15, -0.1) is 0 Å². The summed E-state index contributed by atoms with van der Waals surface area (Å²) in [5, 5.41) is 0. The quantitative estimate of drug-likeness (QED) is 0.296. The maximum atomic E-state index is 14.7. The predicted molar refractivity (Wildman–Crippen MR) is 139 cm³/mol. The number of nitrogens with zero attached hydrogens (tertiary/aromatic N) is 1. The fourth-order valence-electron chi connectivity index (χ4n) is 5.44. The fourth-order valence-corrected chi connectivity index (χ4v) is 5.44. The van der Waals surface area contributed by atoms with Crippen molar-refractivity contribution in [1.29, 1.82) is 0 Å². The highest BCUT2D eigenvalue weighted by atomic mass is 19.4. The predicted octanol–water partition coefficient (Wildman–Crippen LogP) is 9.35. The molecule has 1 aliphatic heterocycles. The molecule has 0 aromatic heterocycles. The Hall–Kier alpha value is -3.71. The molecule has 1 heterocycles. The maximum absolute atomic E-state index is 14.7. The summed E-state index contributed by atoms with van der Waals surface area (Å²) in [5.74, 6) is -2.47. The van der Waals surface area contributed by atoms with Crippen molar-refractivity contribution >= 4 is 6.09 Å². The minimum absolute atomic E-state index is 0.00607. The van der Waals surface area contributed by atoms with E-state index in [9.17, 15) is 48.7 Å². The van der Waals surface area contributed by atoms with Gasteiger partial charge in [0.2, 0.25) is 0 Å². The van der Waals surface area contributed by atoms with Gasteiger partial charge in [-0.05, 0) is 60.2 Å². The third-order valence-electron chi connectivity index (χ3n) is 7.74. The number of ether oxygens (including phenoxy) is 2. The van der Waals surface area contributed by atoms with E-state index < -0.39 is 78.2 Å². The fraction of sp³-hybridized carbons (Fsp3) is 0.433. The van der Waals surface area contributed by atoms with Gasteiger partial charge >= 0.3 is 24.6 Å². The van der Waals surface area contributed by atoms with Crippen LogP contribution < -0.4 is 4.74 Å². The largest absolute Gasteiger partial charge is 0.496 e. The molecule has 2 aromatic carbocycles. The van der Waals surface area contributed by atoms with Gasteiger partial charge in [0.25, 0.3) is 0 Å². The number of alkyl halides is 9. The topological polar surface area (TPSA) is 38.8 Å². The zero-order valence-corrected chi connectivity index (χ0v) is 23.7. The summed E-state index contributed by atoms with van der Waals surface area (Å²) >= 11 is 0. The molecule has 14 heteroatoms. The van der Waals surface area contributed by atoms with Crippen molar-refractivity contribution in [2.75, 3.05) is 7.11 Å². The van der Waals surface area contributed by atoms with E-state index in [-0.39, 0.29) is 40.0 Å². The highest BCUT2D eigenvalue weighted by Gasteiger charge is 2.48. The van der Waals surface area contributed by atoms with E-state index in [1.165, 1.54) is 20.1 Å². The molecular weight excluding hydrogens is 612 g/mol. The molecule has 1 saturated heterocycles. The second-order valence-corrected chi connectivity index (χ2v) is 11.0. The Morgan fingerprint density at radius 3 is 2.16 bits per heavy atom. The van der Waals surface area contributed by atoms with Gasteiger partial charge in [-0.3, -0.25) is 4.90 Å².